The van der Waals surface area contributed by atoms with Crippen molar-refractivity contribution >= 4 is 17.7 Å². The summed E-state index contributed by atoms with van der Waals surface area (Å²) in [6, 6.07) is 3.40. The molecule has 1 fully saturated rings. The van der Waals surface area contributed by atoms with Gasteiger partial charge in [-0.2, -0.15) is 0 Å². The van der Waals surface area contributed by atoms with Crippen LogP contribution >= 0.6 is 0 Å². The van der Waals surface area contributed by atoms with E-state index in [-0.39, 0.29) is 5.69 Å². The van der Waals surface area contributed by atoms with Crippen molar-refractivity contribution in [3.8, 4) is 0 Å². The largest absolute Gasteiger partial charge is 0.478 e. The highest BCUT2D eigenvalue weighted by molar-refractivity contribution is 6.00. The van der Waals surface area contributed by atoms with Crippen LogP contribution in [-0.2, 0) is 0 Å². The van der Waals surface area contributed by atoms with Crippen LogP contribution in [0.15, 0.2) is 18.2 Å². The number of nitrogens with zero attached hydrogens (tertiary/aromatic N) is 2. The lowest BCUT2D eigenvalue weighted by Gasteiger charge is -2.34. The average molecular weight is 295 g/mol. The van der Waals surface area contributed by atoms with Crippen LogP contribution in [0, 0.1) is 5.82 Å². The number of rotatable bonds is 3. The molecule has 21 heavy (non-hydrogen) atoms. The monoisotopic (exact) mass is 295 g/mol. The first-order chi connectivity index (χ1) is 10.0. The highest BCUT2D eigenvalue weighted by Gasteiger charge is 2.22. The molecule has 1 aromatic rings. The van der Waals surface area contributed by atoms with Gasteiger partial charge in [-0.3, -0.25) is 0 Å². The van der Waals surface area contributed by atoms with Gasteiger partial charge in [-0.15, -0.1) is 0 Å². The topological polar surface area (TPSA) is 72.9 Å². The fraction of sp³-hybridized carbons (Fsp3) is 0.429. The molecule has 0 aromatic heterocycles. The minimum atomic E-state index is -1.40. The first-order valence-electron chi connectivity index (χ1n) is 6.83. The molecular formula is C14H18FN3O3. The van der Waals surface area contributed by atoms with Crippen molar-refractivity contribution in [2.24, 2.45) is 0 Å². The fourth-order valence-electron chi connectivity index (χ4n) is 2.31. The molecule has 114 valence electrons. The number of hydrogen-bond donors (Lipinski definition) is 2. The lowest BCUT2D eigenvalue weighted by Crippen LogP contribution is -2.49. The molecule has 0 aliphatic carbocycles. The van der Waals surface area contributed by atoms with E-state index in [1.165, 1.54) is 12.1 Å². The van der Waals surface area contributed by atoms with Crippen LogP contribution in [0.1, 0.15) is 17.3 Å². The van der Waals surface area contributed by atoms with Gasteiger partial charge in [-0.25, -0.2) is 14.0 Å². The minimum Gasteiger partial charge on any atom is -0.478 e. The number of anilines is 1. The van der Waals surface area contributed by atoms with Gasteiger partial charge in [-0.05, 0) is 18.7 Å². The Hall–Kier alpha value is -2.15. The van der Waals surface area contributed by atoms with Crippen molar-refractivity contribution in [3.63, 3.8) is 0 Å². The number of benzene rings is 1. The predicted octanol–water partition coefficient (Wildman–Crippen LogP) is 1.69. The third-order valence-corrected chi connectivity index (χ3v) is 3.58. The second kappa shape index (κ2) is 6.53. The summed E-state index contributed by atoms with van der Waals surface area (Å²) >= 11 is 0. The highest BCUT2D eigenvalue weighted by atomic mass is 19.1. The smallest absolute Gasteiger partial charge is 0.340 e. The van der Waals surface area contributed by atoms with Crippen LogP contribution in [0.2, 0.25) is 0 Å². The van der Waals surface area contributed by atoms with Crippen molar-refractivity contribution in [3.05, 3.63) is 29.6 Å². The number of likely N-dealkylation sites (N-methyl/N-ethyl adjacent to an activating group) is 1. The third-order valence-electron chi connectivity index (χ3n) is 3.58. The fourth-order valence-corrected chi connectivity index (χ4v) is 2.31. The van der Waals surface area contributed by atoms with E-state index in [0.717, 1.165) is 25.7 Å². The molecule has 0 spiro atoms. The summed E-state index contributed by atoms with van der Waals surface area (Å²) in [5.74, 6) is -2.27. The van der Waals surface area contributed by atoms with Crippen LogP contribution in [0.25, 0.3) is 0 Å². The minimum absolute atomic E-state index is 0.0228. The molecule has 2 N–H and O–H groups in total. The summed E-state index contributed by atoms with van der Waals surface area (Å²) in [4.78, 5) is 27.0. The maximum Gasteiger partial charge on any atom is 0.340 e. The zero-order valence-electron chi connectivity index (χ0n) is 11.8. The molecule has 7 heteroatoms. The van der Waals surface area contributed by atoms with Crippen LogP contribution in [-0.4, -0.2) is 59.6 Å². The number of amides is 2. The second-order valence-corrected chi connectivity index (χ2v) is 4.82. The Kier molecular flexibility index (Phi) is 4.74. The van der Waals surface area contributed by atoms with Crippen molar-refractivity contribution in [2.45, 2.75) is 6.92 Å². The maximum atomic E-state index is 13.5. The Morgan fingerprint density at radius 2 is 1.95 bits per heavy atom. The molecule has 0 bridgehead atoms. The molecular weight excluding hydrogens is 277 g/mol. The summed E-state index contributed by atoms with van der Waals surface area (Å²) in [6.07, 6.45) is 0. The number of piperazine rings is 1. The molecule has 2 rings (SSSR count). The van der Waals surface area contributed by atoms with Crippen LogP contribution in [0.5, 0.6) is 0 Å². The number of aromatic carboxylic acids is 1. The number of halogens is 1. The molecule has 0 unspecified atom stereocenters. The molecule has 0 saturated carbocycles. The number of carboxylic acids is 1. The van der Waals surface area contributed by atoms with Crippen molar-refractivity contribution in [1.29, 1.82) is 0 Å². The van der Waals surface area contributed by atoms with E-state index in [4.69, 9.17) is 5.11 Å². The first-order valence-corrected chi connectivity index (χ1v) is 6.83. The summed E-state index contributed by atoms with van der Waals surface area (Å²) < 4.78 is 13.5. The molecule has 1 aliphatic rings. The number of carbonyl (C=O) groups is 2. The van der Waals surface area contributed by atoms with E-state index >= 15 is 0 Å². The summed E-state index contributed by atoms with van der Waals surface area (Å²) in [5.41, 5.74) is -0.538. The van der Waals surface area contributed by atoms with Gasteiger partial charge in [-0.1, -0.05) is 13.0 Å². The number of nitrogens with one attached hydrogen (secondary N) is 1. The van der Waals surface area contributed by atoms with Gasteiger partial charge in [0.05, 0.1) is 5.69 Å². The zero-order valence-corrected chi connectivity index (χ0v) is 11.8. The molecule has 1 saturated heterocycles. The van der Waals surface area contributed by atoms with Crippen LogP contribution in [0.4, 0.5) is 14.9 Å². The first kappa shape index (κ1) is 15.2. The molecule has 6 nitrogen and oxygen atoms in total. The normalized spacial score (nSPS) is 15.8. The zero-order chi connectivity index (χ0) is 15.4. The Bertz CT molecular complexity index is 542. The van der Waals surface area contributed by atoms with Crippen molar-refractivity contribution in [1.82, 2.24) is 9.80 Å². The van der Waals surface area contributed by atoms with Gasteiger partial charge in [0.1, 0.15) is 11.4 Å². The Labute approximate surface area is 122 Å². The van der Waals surface area contributed by atoms with E-state index in [0.29, 0.717) is 13.1 Å². The third kappa shape index (κ3) is 3.49. The predicted molar refractivity (Wildman–Crippen MR) is 76.1 cm³/mol. The molecule has 2 amide bonds. The summed E-state index contributed by atoms with van der Waals surface area (Å²) in [6.45, 7) is 5.68. The lowest BCUT2D eigenvalue weighted by atomic mass is 10.1. The van der Waals surface area contributed by atoms with E-state index in [9.17, 15) is 14.0 Å². The van der Waals surface area contributed by atoms with Gasteiger partial charge in [0.15, 0.2) is 0 Å². The Balaban J connectivity index is 2.07. The lowest BCUT2D eigenvalue weighted by molar-refractivity contribution is 0.0693. The molecule has 0 radical (unpaired) electrons. The Morgan fingerprint density at radius 1 is 1.29 bits per heavy atom. The van der Waals surface area contributed by atoms with Crippen molar-refractivity contribution < 1.29 is 19.1 Å². The molecule has 1 aromatic carbocycles. The molecule has 1 aliphatic heterocycles. The van der Waals surface area contributed by atoms with E-state index in [2.05, 4.69) is 17.1 Å². The van der Waals surface area contributed by atoms with Gasteiger partial charge in [0, 0.05) is 26.2 Å². The van der Waals surface area contributed by atoms with Gasteiger partial charge in [0.25, 0.3) is 0 Å². The van der Waals surface area contributed by atoms with E-state index in [1.807, 2.05) is 0 Å². The second-order valence-electron chi connectivity index (χ2n) is 4.82. The molecule has 0 atom stereocenters. The van der Waals surface area contributed by atoms with Crippen LogP contribution in [0.3, 0.4) is 0 Å². The molecule has 1 heterocycles. The standard InChI is InChI=1S/C14H18FN3O3/c1-2-17-6-8-18(9-7-17)14(21)16-11-5-3-4-10(15)12(11)13(19)20/h3-5H,2,6-9H2,1H3,(H,16,21)(H,19,20). The van der Waals surface area contributed by atoms with E-state index < -0.39 is 23.4 Å². The average Bonchev–Trinajstić information content (AvgIpc) is 2.47. The summed E-state index contributed by atoms with van der Waals surface area (Å²) in [5, 5.41) is 11.5. The van der Waals surface area contributed by atoms with Crippen LogP contribution < -0.4 is 5.32 Å². The number of carbonyl (C=O) groups excluding carboxylic acids is 1. The SMILES string of the molecule is CCN1CCN(C(=O)Nc2cccc(F)c2C(=O)O)CC1. The van der Waals surface area contributed by atoms with Gasteiger partial charge >= 0.3 is 12.0 Å². The highest BCUT2D eigenvalue weighted by Crippen LogP contribution is 2.19. The number of carboxylic acid groups (broad SMARTS) is 1. The van der Waals surface area contributed by atoms with Gasteiger partial charge in [0.2, 0.25) is 0 Å². The Morgan fingerprint density at radius 3 is 2.52 bits per heavy atom. The van der Waals surface area contributed by atoms with Crippen molar-refractivity contribution in [2.75, 3.05) is 38.0 Å². The number of hydrogen-bond acceptors (Lipinski definition) is 3. The van der Waals surface area contributed by atoms with Gasteiger partial charge < -0.3 is 20.2 Å². The van der Waals surface area contributed by atoms with E-state index in [1.54, 1.807) is 4.90 Å². The maximum absolute atomic E-state index is 13.5. The number of urea groups is 1. The summed E-state index contributed by atoms with van der Waals surface area (Å²) in [7, 11) is 0. The quantitative estimate of drug-likeness (QED) is 0.890.